The maximum Gasteiger partial charge on any atom is 0.363 e. The number of hydrogen-bond donors (Lipinski definition) is 0. The van der Waals surface area contributed by atoms with E-state index in [-0.39, 0.29) is 11.6 Å². The van der Waals surface area contributed by atoms with Gasteiger partial charge < -0.3 is 14.2 Å². The second-order valence-corrected chi connectivity index (χ2v) is 5.81. The van der Waals surface area contributed by atoms with Crippen molar-refractivity contribution in [2.75, 3.05) is 14.2 Å². The van der Waals surface area contributed by atoms with E-state index in [4.69, 9.17) is 14.2 Å². The minimum atomic E-state index is -0.490. The number of benzene rings is 2. The van der Waals surface area contributed by atoms with Gasteiger partial charge in [0.1, 0.15) is 11.5 Å². The fourth-order valence-electron chi connectivity index (χ4n) is 2.21. The average molecular weight is 388 g/mol. The van der Waals surface area contributed by atoms with Gasteiger partial charge in [-0.15, -0.1) is 0 Å². The van der Waals surface area contributed by atoms with Gasteiger partial charge in [0.25, 0.3) is 0 Å². The minimum absolute atomic E-state index is 0.237. The molecule has 0 atom stereocenters. The molecule has 2 aromatic rings. The Kier molecular flexibility index (Phi) is 4.66. The molecule has 0 N–H and O–H groups in total. The van der Waals surface area contributed by atoms with Crippen LogP contribution < -0.4 is 9.47 Å². The van der Waals surface area contributed by atoms with Crippen LogP contribution in [0.15, 0.2) is 57.6 Å². The summed E-state index contributed by atoms with van der Waals surface area (Å²) in [4.78, 5) is 16.4. The molecule has 0 bridgehead atoms. The summed E-state index contributed by atoms with van der Waals surface area (Å²) in [6.07, 6.45) is 1.66. The first-order chi connectivity index (χ1) is 11.6. The molecule has 0 aliphatic carbocycles. The molecule has 0 spiro atoms. The van der Waals surface area contributed by atoms with Crippen LogP contribution in [0.2, 0.25) is 0 Å². The average Bonchev–Trinajstić information content (AvgIpc) is 2.95. The Morgan fingerprint density at radius 2 is 1.83 bits per heavy atom. The fraction of sp³-hybridized carbons (Fsp3) is 0.111. The van der Waals surface area contributed by atoms with Crippen LogP contribution in [0, 0.1) is 0 Å². The number of aliphatic imine (C=N–C) groups is 1. The molecule has 0 saturated carbocycles. The second-order valence-electron chi connectivity index (χ2n) is 4.96. The van der Waals surface area contributed by atoms with E-state index >= 15 is 0 Å². The third kappa shape index (κ3) is 3.33. The molecule has 5 nitrogen and oxygen atoms in total. The Balaban J connectivity index is 1.94. The molecular formula is C18H14BrNO4. The molecule has 6 heteroatoms. The van der Waals surface area contributed by atoms with Crippen molar-refractivity contribution in [3.8, 4) is 11.5 Å². The number of ether oxygens (including phenoxy) is 3. The topological polar surface area (TPSA) is 57.1 Å². The van der Waals surface area contributed by atoms with E-state index < -0.39 is 5.97 Å². The molecule has 0 unspecified atom stereocenters. The third-order valence-corrected chi connectivity index (χ3v) is 4.08. The van der Waals surface area contributed by atoms with Gasteiger partial charge in [-0.05, 0) is 57.9 Å². The van der Waals surface area contributed by atoms with Gasteiger partial charge in [0.05, 0.1) is 19.8 Å². The lowest BCUT2D eigenvalue weighted by Crippen LogP contribution is -2.06. The largest absolute Gasteiger partial charge is 0.497 e. The lowest BCUT2D eigenvalue weighted by atomic mass is 10.2. The van der Waals surface area contributed by atoms with E-state index in [9.17, 15) is 4.79 Å². The predicted molar refractivity (Wildman–Crippen MR) is 94.3 cm³/mol. The molecule has 122 valence electrons. The van der Waals surface area contributed by atoms with Crippen molar-refractivity contribution in [1.82, 2.24) is 0 Å². The molecule has 1 aliphatic heterocycles. The van der Waals surface area contributed by atoms with Crippen molar-refractivity contribution in [2.45, 2.75) is 0 Å². The van der Waals surface area contributed by atoms with Crippen molar-refractivity contribution in [1.29, 1.82) is 0 Å². The highest BCUT2D eigenvalue weighted by atomic mass is 79.9. The number of methoxy groups -OCH3 is 2. The maximum absolute atomic E-state index is 12.1. The minimum Gasteiger partial charge on any atom is -0.497 e. The summed E-state index contributed by atoms with van der Waals surface area (Å²) >= 11 is 3.44. The monoisotopic (exact) mass is 387 g/mol. The van der Waals surface area contributed by atoms with Gasteiger partial charge >= 0.3 is 5.97 Å². The normalized spacial score (nSPS) is 15.2. The second kappa shape index (κ2) is 6.88. The molecule has 0 saturated heterocycles. The molecule has 0 aromatic heterocycles. The number of nitrogens with zero attached hydrogens (tertiary/aromatic N) is 1. The summed E-state index contributed by atoms with van der Waals surface area (Å²) in [7, 11) is 3.18. The molecule has 0 fully saturated rings. The van der Waals surface area contributed by atoms with Crippen LogP contribution >= 0.6 is 15.9 Å². The number of rotatable bonds is 4. The smallest absolute Gasteiger partial charge is 0.363 e. The Morgan fingerprint density at radius 3 is 2.54 bits per heavy atom. The standard InChI is InChI=1S/C18H14BrNO4/c1-22-12-5-3-4-11(8-12)9-16-18(21)24-17(20-16)14-7-6-13(23-2)10-15(14)19/h3-10H,1-2H3. The first-order valence-electron chi connectivity index (χ1n) is 7.11. The summed E-state index contributed by atoms with van der Waals surface area (Å²) < 4.78 is 16.3. The predicted octanol–water partition coefficient (Wildman–Crippen LogP) is 3.81. The van der Waals surface area contributed by atoms with E-state index in [0.29, 0.717) is 17.1 Å². The zero-order valence-corrected chi connectivity index (χ0v) is 14.7. The summed E-state index contributed by atoms with van der Waals surface area (Å²) in [5.41, 5.74) is 1.72. The zero-order chi connectivity index (χ0) is 17.1. The van der Waals surface area contributed by atoms with E-state index in [1.165, 1.54) is 0 Å². The van der Waals surface area contributed by atoms with Gasteiger partial charge in [-0.3, -0.25) is 0 Å². The van der Waals surface area contributed by atoms with Gasteiger partial charge in [0, 0.05) is 4.47 Å². The third-order valence-electron chi connectivity index (χ3n) is 3.42. The molecule has 2 aromatic carbocycles. The number of esters is 1. The zero-order valence-electron chi connectivity index (χ0n) is 13.1. The molecule has 0 amide bonds. The van der Waals surface area contributed by atoms with Crippen LogP contribution in [0.1, 0.15) is 11.1 Å². The van der Waals surface area contributed by atoms with Gasteiger partial charge in [-0.25, -0.2) is 9.79 Å². The van der Waals surface area contributed by atoms with Crippen LogP contribution in [0.3, 0.4) is 0 Å². The molecule has 0 radical (unpaired) electrons. The number of halogens is 1. The van der Waals surface area contributed by atoms with Crippen molar-refractivity contribution < 1.29 is 19.0 Å². The number of carbonyl (C=O) groups is 1. The fourth-order valence-corrected chi connectivity index (χ4v) is 2.74. The summed E-state index contributed by atoms with van der Waals surface area (Å²) in [5, 5.41) is 0. The van der Waals surface area contributed by atoms with Crippen LogP contribution in [0.25, 0.3) is 6.08 Å². The number of carbonyl (C=O) groups excluding carboxylic acids is 1. The molecule has 24 heavy (non-hydrogen) atoms. The highest BCUT2D eigenvalue weighted by Crippen LogP contribution is 2.27. The molecular weight excluding hydrogens is 374 g/mol. The molecule has 3 rings (SSSR count). The Bertz CT molecular complexity index is 858. The number of cyclic esters (lactones) is 1. The highest BCUT2D eigenvalue weighted by molar-refractivity contribution is 9.10. The van der Waals surface area contributed by atoms with Crippen molar-refractivity contribution in [2.24, 2.45) is 4.99 Å². The van der Waals surface area contributed by atoms with Gasteiger partial charge in [0.15, 0.2) is 5.70 Å². The maximum atomic E-state index is 12.1. The van der Waals surface area contributed by atoms with Crippen molar-refractivity contribution in [3.63, 3.8) is 0 Å². The van der Waals surface area contributed by atoms with E-state index in [1.54, 1.807) is 38.5 Å². The molecule has 1 heterocycles. The van der Waals surface area contributed by atoms with Crippen LogP contribution in [-0.2, 0) is 9.53 Å². The highest BCUT2D eigenvalue weighted by Gasteiger charge is 2.25. The molecule has 1 aliphatic rings. The van der Waals surface area contributed by atoms with Crippen LogP contribution in [0.5, 0.6) is 11.5 Å². The Morgan fingerprint density at radius 1 is 1.08 bits per heavy atom. The van der Waals surface area contributed by atoms with E-state index in [0.717, 1.165) is 10.0 Å². The van der Waals surface area contributed by atoms with Crippen molar-refractivity contribution >= 4 is 33.9 Å². The summed E-state index contributed by atoms with van der Waals surface area (Å²) in [5.74, 6) is 1.17. The Labute approximate surface area is 147 Å². The first-order valence-corrected chi connectivity index (χ1v) is 7.90. The Hall–Kier alpha value is -2.60. The number of hydrogen-bond acceptors (Lipinski definition) is 5. The lowest BCUT2D eigenvalue weighted by molar-refractivity contribution is -0.129. The van der Waals surface area contributed by atoms with Crippen LogP contribution in [-0.4, -0.2) is 26.1 Å². The first kappa shape index (κ1) is 16.3. The van der Waals surface area contributed by atoms with E-state index in [2.05, 4.69) is 20.9 Å². The van der Waals surface area contributed by atoms with Crippen LogP contribution in [0.4, 0.5) is 0 Å². The van der Waals surface area contributed by atoms with Gasteiger partial charge in [-0.1, -0.05) is 12.1 Å². The quantitative estimate of drug-likeness (QED) is 0.591. The van der Waals surface area contributed by atoms with Gasteiger partial charge in [0.2, 0.25) is 5.90 Å². The van der Waals surface area contributed by atoms with E-state index in [1.807, 2.05) is 24.3 Å². The summed E-state index contributed by atoms with van der Waals surface area (Å²) in [6.45, 7) is 0. The summed E-state index contributed by atoms with van der Waals surface area (Å²) in [6, 6.07) is 12.7. The van der Waals surface area contributed by atoms with Gasteiger partial charge in [-0.2, -0.15) is 0 Å². The van der Waals surface area contributed by atoms with Crippen molar-refractivity contribution in [3.05, 3.63) is 63.8 Å². The SMILES string of the molecule is COc1cccc(C=C2N=C(c3ccc(OC)cc3Br)OC2=O)c1. The lowest BCUT2D eigenvalue weighted by Gasteiger charge is -2.05.